The maximum atomic E-state index is 13.8. The van der Waals surface area contributed by atoms with Crippen molar-refractivity contribution in [3.05, 3.63) is 62.6 Å². The quantitative estimate of drug-likeness (QED) is 0.309. The number of carbonyl (C=O) groups is 2. The van der Waals surface area contributed by atoms with Gasteiger partial charge in [-0.3, -0.25) is 13.9 Å². The number of carbonyl (C=O) groups excluding carboxylic acids is 2. The van der Waals surface area contributed by atoms with Gasteiger partial charge >= 0.3 is 6.18 Å². The molecular formula is C27H31Cl3F3N3O4S. The largest absolute Gasteiger partial charge is 0.417 e. The summed E-state index contributed by atoms with van der Waals surface area (Å²) in [5.41, 5.74) is -1.20. The van der Waals surface area contributed by atoms with E-state index in [-0.39, 0.29) is 24.0 Å². The van der Waals surface area contributed by atoms with Crippen molar-refractivity contribution in [3.63, 3.8) is 0 Å². The van der Waals surface area contributed by atoms with Crippen LogP contribution in [0.2, 0.25) is 15.1 Å². The van der Waals surface area contributed by atoms with Crippen molar-refractivity contribution in [2.24, 2.45) is 0 Å². The van der Waals surface area contributed by atoms with Crippen LogP contribution in [0.25, 0.3) is 0 Å². The molecule has 1 aliphatic carbocycles. The van der Waals surface area contributed by atoms with E-state index in [1.807, 2.05) is 0 Å². The summed E-state index contributed by atoms with van der Waals surface area (Å²) in [6.07, 6.45) is 0.721. The molecule has 2 amide bonds. The number of alkyl halides is 3. The molecule has 7 nitrogen and oxygen atoms in total. The lowest BCUT2D eigenvalue weighted by Gasteiger charge is -2.34. The first kappa shape index (κ1) is 33.3. The van der Waals surface area contributed by atoms with Gasteiger partial charge in [0.15, 0.2) is 0 Å². The number of anilines is 1. The molecule has 14 heteroatoms. The van der Waals surface area contributed by atoms with E-state index in [1.165, 1.54) is 11.0 Å². The molecule has 226 valence electrons. The van der Waals surface area contributed by atoms with Crippen molar-refractivity contribution in [2.45, 2.75) is 70.3 Å². The zero-order valence-electron chi connectivity index (χ0n) is 22.5. The first-order chi connectivity index (χ1) is 19.1. The molecular weight excluding hydrogens is 626 g/mol. The number of amides is 2. The highest BCUT2D eigenvalue weighted by atomic mass is 35.5. The fourth-order valence-corrected chi connectivity index (χ4v) is 6.33. The molecule has 0 unspecified atom stereocenters. The van der Waals surface area contributed by atoms with E-state index in [0.29, 0.717) is 21.0 Å². The Kier molecular flexibility index (Phi) is 11.2. The predicted molar refractivity (Wildman–Crippen MR) is 155 cm³/mol. The number of hydrogen-bond acceptors (Lipinski definition) is 4. The molecule has 0 heterocycles. The molecule has 0 aliphatic heterocycles. The van der Waals surface area contributed by atoms with Gasteiger partial charge in [-0.15, -0.1) is 0 Å². The number of nitrogens with zero attached hydrogens (tertiary/aromatic N) is 2. The molecule has 0 saturated heterocycles. The Morgan fingerprint density at radius 3 is 2.24 bits per heavy atom. The Labute approximate surface area is 253 Å². The number of halogens is 6. The maximum absolute atomic E-state index is 13.8. The summed E-state index contributed by atoms with van der Waals surface area (Å²) >= 11 is 18.1. The lowest BCUT2D eigenvalue weighted by atomic mass is 9.95. The zero-order chi connectivity index (χ0) is 30.5. The predicted octanol–water partition coefficient (Wildman–Crippen LogP) is 6.69. The molecule has 1 saturated carbocycles. The molecule has 3 rings (SSSR count). The molecule has 1 atom stereocenters. The Hall–Kier alpha value is -2.21. The van der Waals surface area contributed by atoms with Gasteiger partial charge in [0, 0.05) is 22.6 Å². The number of rotatable bonds is 10. The molecule has 0 bridgehead atoms. The van der Waals surface area contributed by atoms with E-state index in [0.717, 1.165) is 50.5 Å². The van der Waals surface area contributed by atoms with Gasteiger partial charge in [-0.25, -0.2) is 8.42 Å². The minimum atomic E-state index is -4.86. The van der Waals surface area contributed by atoms with Crippen LogP contribution in [0.15, 0.2) is 36.4 Å². The van der Waals surface area contributed by atoms with Gasteiger partial charge in [0.1, 0.15) is 12.6 Å². The van der Waals surface area contributed by atoms with Crippen molar-refractivity contribution in [3.8, 4) is 0 Å². The van der Waals surface area contributed by atoms with E-state index in [1.54, 1.807) is 19.1 Å². The minimum Gasteiger partial charge on any atom is -0.352 e. The van der Waals surface area contributed by atoms with Crippen LogP contribution in [0.5, 0.6) is 0 Å². The second kappa shape index (κ2) is 13.8. The van der Waals surface area contributed by atoms with Crippen molar-refractivity contribution in [1.29, 1.82) is 0 Å². The van der Waals surface area contributed by atoms with Crippen LogP contribution in [0, 0.1) is 0 Å². The molecule has 1 fully saturated rings. The summed E-state index contributed by atoms with van der Waals surface area (Å²) < 4.78 is 66.6. The molecule has 0 aromatic heterocycles. The number of sulfonamides is 1. The number of nitrogens with one attached hydrogen (secondary N) is 1. The van der Waals surface area contributed by atoms with Crippen molar-refractivity contribution < 1.29 is 31.2 Å². The molecule has 41 heavy (non-hydrogen) atoms. The van der Waals surface area contributed by atoms with Gasteiger partial charge in [0.05, 0.1) is 22.5 Å². The normalized spacial score (nSPS) is 15.3. The van der Waals surface area contributed by atoms with Crippen LogP contribution in [0.4, 0.5) is 18.9 Å². The van der Waals surface area contributed by atoms with Crippen molar-refractivity contribution >= 4 is 62.3 Å². The molecule has 0 radical (unpaired) electrons. The summed E-state index contributed by atoms with van der Waals surface area (Å²) in [6.45, 7) is 0.672. The van der Waals surface area contributed by atoms with E-state index in [2.05, 4.69) is 5.32 Å². The zero-order valence-corrected chi connectivity index (χ0v) is 25.6. The number of benzene rings is 2. The van der Waals surface area contributed by atoms with E-state index in [9.17, 15) is 31.2 Å². The van der Waals surface area contributed by atoms with Gasteiger partial charge in [0.2, 0.25) is 21.8 Å². The monoisotopic (exact) mass is 655 g/mol. The average Bonchev–Trinajstić information content (AvgIpc) is 2.88. The Morgan fingerprint density at radius 1 is 1.02 bits per heavy atom. The summed E-state index contributed by atoms with van der Waals surface area (Å²) in [6, 6.07) is 6.13. The van der Waals surface area contributed by atoms with Gasteiger partial charge in [-0.2, -0.15) is 13.2 Å². The summed E-state index contributed by atoms with van der Waals surface area (Å²) in [5.74, 6) is -1.22. The fraction of sp³-hybridized carbons (Fsp3) is 0.481. The minimum absolute atomic E-state index is 0.0521. The SMILES string of the molecule is CC[C@@H](C(=O)NC1CCCCC1)N(Cc1ccc(Cl)cc1Cl)C(=O)CN(c1ccc(Cl)c(C(F)(F)F)c1)S(C)(=O)=O. The Bertz CT molecular complexity index is 1370. The second-order valence-corrected chi connectivity index (χ2v) is 13.1. The highest BCUT2D eigenvalue weighted by Gasteiger charge is 2.36. The molecule has 2 aromatic rings. The van der Waals surface area contributed by atoms with Crippen LogP contribution in [0.1, 0.15) is 56.6 Å². The third kappa shape index (κ3) is 8.89. The lowest BCUT2D eigenvalue weighted by molar-refractivity contribution is -0.140. The third-order valence-electron chi connectivity index (χ3n) is 6.92. The Morgan fingerprint density at radius 2 is 1.68 bits per heavy atom. The standard InChI is InChI=1S/C27H31Cl3F3N3O4S/c1-3-24(26(38)34-19-7-5-4-6-8-19)35(15-17-9-10-18(28)13-23(17)30)25(37)16-36(41(2,39)40)20-11-12-22(29)21(14-20)27(31,32)33/h9-14,19,24H,3-8,15-16H2,1-2H3,(H,34,38)/t24-/m0/s1. The summed E-state index contributed by atoms with van der Waals surface area (Å²) in [4.78, 5) is 28.5. The fourth-order valence-electron chi connectivity index (χ4n) is 4.80. The maximum Gasteiger partial charge on any atom is 0.417 e. The van der Waals surface area contributed by atoms with Gasteiger partial charge in [-0.1, -0.05) is 67.1 Å². The Balaban J connectivity index is 2.00. The van der Waals surface area contributed by atoms with E-state index in [4.69, 9.17) is 34.8 Å². The first-order valence-corrected chi connectivity index (χ1v) is 16.0. The molecule has 1 N–H and O–H groups in total. The van der Waals surface area contributed by atoms with E-state index >= 15 is 0 Å². The highest BCUT2D eigenvalue weighted by molar-refractivity contribution is 7.92. The van der Waals surface area contributed by atoms with Crippen LogP contribution >= 0.6 is 34.8 Å². The van der Waals surface area contributed by atoms with Crippen LogP contribution in [-0.4, -0.2) is 50.0 Å². The third-order valence-corrected chi connectivity index (χ3v) is 8.97. The van der Waals surface area contributed by atoms with E-state index < -0.39 is 56.9 Å². The van der Waals surface area contributed by atoms with Gasteiger partial charge in [0.25, 0.3) is 0 Å². The second-order valence-electron chi connectivity index (χ2n) is 9.96. The van der Waals surface area contributed by atoms with Crippen LogP contribution in [-0.2, 0) is 32.3 Å². The molecule has 2 aromatic carbocycles. The lowest BCUT2D eigenvalue weighted by Crippen LogP contribution is -2.54. The summed E-state index contributed by atoms with van der Waals surface area (Å²) in [5, 5.41) is 2.96. The highest BCUT2D eigenvalue weighted by Crippen LogP contribution is 2.37. The first-order valence-electron chi connectivity index (χ1n) is 13.0. The molecule has 0 spiro atoms. The summed E-state index contributed by atoms with van der Waals surface area (Å²) in [7, 11) is -4.25. The number of hydrogen-bond donors (Lipinski definition) is 1. The van der Waals surface area contributed by atoms with Crippen LogP contribution in [0.3, 0.4) is 0 Å². The van der Waals surface area contributed by atoms with Crippen molar-refractivity contribution in [2.75, 3.05) is 17.1 Å². The smallest absolute Gasteiger partial charge is 0.352 e. The molecule has 1 aliphatic rings. The van der Waals surface area contributed by atoms with Crippen molar-refractivity contribution in [1.82, 2.24) is 10.2 Å². The van der Waals surface area contributed by atoms with Gasteiger partial charge < -0.3 is 10.2 Å². The van der Waals surface area contributed by atoms with Crippen LogP contribution < -0.4 is 9.62 Å². The average molecular weight is 657 g/mol. The topological polar surface area (TPSA) is 86.8 Å². The van der Waals surface area contributed by atoms with Gasteiger partial charge in [-0.05, 0) is 55.2 Å².